The molecule has 57 heavy (non-hydrogen) atoms. The molecule has 0 aromatic heterocycles. The summed E-state index contributed by atoms with van der Waals surface area (Å²) in [5, 5.41) is 0. The van der Waals surface area contributed by atoms with Gasteiger partial charge in [0.05, 0.1) is 119 Å². The first kappa shape index (κ1) is 55.6. The van der Waals surface area contributed by atoms with Crippen molar-refractivity contribution in [2.24, 2.45) is 0 Å². The van der Waals surface area contributed by atoms with E-state index < -0.39 is 0 Å². The van der Waals surface area contributed by atoms with E-state index in [2.05, 4.69) is 13.8 Å². The first-order valence-corrected chi connectivity index (χ1v) is 22.7. The van der Waals surface area contributed by atoms with E-state index in [1.807, 2.05) is 0 Å². The number of esters is 2. The van der Waals surface area contributed by atoms with Crippen LogP contribution in [-0.4, -0.2) is 144 Å². The molecule has 0 aromatic carbocycles. The van der Waals surface area contributed by atoms with Crippen molar-refractivity contribution in [2.75, 3.05) is 132 Å². The third-order valence-corrected chi connectivity index (χ3v) is 8.93. The molecule has 0 N–H and O–H groups in total. The van der Waals surface area contributed by atoms with Crippen LogP contribution in [0.4, 0.5) is 0 Å². The fourth-order valence-electron chi connectivity index (χ4n) is 5.59. The number of hydrogen-bond acceptors (Lipinski definition) is 13. The SMILES string of the molecule is CCCCCCCCCCCC(=O)OCCOCCOCCOCCOCCOCCOCCOCCOCCOCCOC(=O)CCCCCCCCCCC. The van der Waals surface area contributed by atoms with Gasteiger partial charge in [-0.2, -0.15) is 0 Å². The molecule has 0 unspecified atom stereocenters. The second kappa shape index (κ2) is 50.7. The van der Waals surface area contributed by atoms with Gasteiger partial charge in [0.2, 0.25) is 0 Å². The quantitative estimate of drug-likeness (QED) is 0.0433. The van der Waals surface area contributed by atoms with Gasteiger partial charge in [-0.3, -0.25) is 9.59 Å². The highest BCUT2D eigenvalue weighted by Gasteiger charge is 2.04. The molecule has 340 valence electrons. The topological polar surface area (TPSA) is 136 Å². The molecular formula is C44H86O13. The molecule has 0 heterocycles. The highest BCUT2D eigenvalue weighted by atomic mass is 16.6. The van der Waals surface area contributed by atoms with Gasteiger partial charge in [0.25, 0.3) is 0 Å². The summed E-state index contributed by atoms with van der Waals surface area (Å²) in [6.45, 7) is 13.5. The smallest absolute Gasteiger partial charge is 0.305 e. The lowest BCUT2D eigenvalue weighted by Crippen LogP contribution is -2.15. The summed E-state index contributed by atoms with van der Waals surface area (Å²) in [7, 11) is 0. The maximum Gasteiger partial charge on any atom is 0.305 e. The van der Waals surface area contributed by atoms with Gasteiger partial charge in [-0.1, -0.05) is 117 Å². The molecule has 0 fully saturated rings. The third kappa shape index (κ3) is 50.7. The Bertz CT molecular complexity index is 727. The van der Waals surface area contributed by atoms with E-state index in [4.69, 9.17) is 52.1 Å². The maximum atomic E-state index is 11.8. The third-order valence-electron chi connectivity index (χ3n) is 8.93. The molecule has 0 saturated carbocycles. The summed E-state index contributed by atoms with van der Waals surface area (Å²) in [6.07, 6.45) is 23.2. The fourth-order valence-corrected chi connectivity index (χ4v) is 5.59. The van der Waals surface area contributed by atoms with Gasteiger partial charge in [-0.25, -0.2) is 0 Å². The van der Waals surface area contributed by atoms with Crippen LogP contribution in [0.5, 0.6) is 0 Å². The van der Waals surface area contributed by atoms with Gasteiger partial charge in [-0.05, 0) is 12.8 Å². The average Bonchev–Trinajstić information content (AvgIpc) is 3.21. The van der Waals surface area contributed by atoms with Gasteiger partial charge >= 0.3 is 11.9 Å². The molecule has 13 nitrogen and oxygen atoms in total. The summed E-state index contributed by atoms with van der Waals surface area (Å²) < 4.78 is 59.8. The van der Waals surface area contributed by atoms with Crippen LogP contribution in [0.1, 0.15) is 142 Å². The van der Waals surface area contributed by atoms with Gasteiger partial charge in [0.15, 0.2) is 0 Å². The Morgan fingerprint density at radius 1 is 0.246 bits per heavy atom. The van der Waals surface area contributed by atoms with E-state index in [1.54, 1.807) is 0 Å². The molecule has 0 aliphatic rings. The van der Waals surface area contributed by atoms with Crippen molar-refractivity contribution >= 4 is 11.9 Å². The molecule has 0 saturated heterocycles. The number of carbonyl (C=O) groups is 2. The Labute approximate surface area is 347 Å². The first-order valence-electron chi connectivity index (χ1n) is 22.7. The summed E-state index contributed by atoms with van der Waals surface area (Å²) in [4.78, 5) is 23.6. The number of hydrogen-bond donors (Lipinski definition) is 0. The zero-order valence-electron chi connectivity index (χ0n) is 36.6. The molecule has 0 aliphatic carbocycles. The van der Waals surface area contributed by atoms with E-state index in [-0.39, 0.29) is 25.2 Å². The summed E-state index contributed by atoms with van der Waals surface area (Å²) in [6, 6.07) is 0. The van der Waals surface area contributed by atoms with Crippen LogP contribution in [0.2, 0.25) is 0 Å². The lowest BCUT2D eigenvalue weighted by molar-refractivity contribution is -0.146. The maximum absolute atomic E-state index is 11.8. The molecule has 0 radical (unpaired) electrons. The number of unbranched alkanes of at least 4 members (excludes halogenated alkanes) is 16. The van der Waals surface area contributed by atoms with Gasteiger partial charge in [0.1, 0.15) is 13.2 Å². The van der Waals surface area contributed by atoms with Crippen LogP contribution in [0.3, 0.4) is 0 Å². The van der Waals surface area contributed by atoms with Gasteiger partial charge < -0.3 is 52.1 Å². The van der Waals surface area contributed by atoms with E-state index in [9.17, 15) is 9.59 Å². The lowest BCUT2D eigenvalue weighted by Gasteiger charge is -2.09. The van der Waals surface area contributed by atoms with E-state index in [0.717, 1.165) is 25.7 Å². The molecular weight excluding hydrogens is 736 g/mol. The van der Waals surface area contributed by atoms with Crippen LogP contribution in [0, 0.1) is 0 Å². The molecule has 0 amide bonds. The Hall–Kier alpha value is -1.42. The minimum atomic E-state index is -0.138. The monoisotopic (exact) mass is 823 g/mol. The molecule has 0 bridgehead atoms. The number of rotatable bonds is 50. The standard InChI is InChI=1S/C44H86O13/c1-3-5-7-9-11-13-15-17-19-21-43(45)56-41-39-54-37-35-52-33-31-50-29-27-48-25-23-47-24-26-49-28-30-51-32-34-53-36-38-55-40-42-57-44(46)22-20-18-16-14-12-10-8-6-4-2/h3-42H2,1-2H3. The normalized spacial score (nSPS) is 11.4. The zero-order valence-corrected chi connectivity index (χ0v) is 36.6. The Kier molecular flexibility index (Phi) is 49.5. The molecule has 0 atom stereocenters. The van der Waals surface area contributed by atoms with Crippen LogP contribution in [-0.2, 0) is 61.7 Å². The lowest BCUT2D eigenvalue weighted by atomic mass is 10.1. The highest BCUT2D eigenvalue weighted by molar-refractivity contribution is 5.69. The van der Waals surface area contributed by atoms with Gasteiger partial charge in [-0.15, -0.1) is 0 Å². The minimum Gasteiger partial charge on any atom is -0.463 e. The van der Waals surface area contributed by atoms with Gasteiger partial charge in [0, 0.05) is 12.8 Å². The van der Waals surface area contributed by atoms with Crippen molar-refractivity contribution in [3.05, 3.63) is 0 Å². The van der Waals surface area contributed by atoms with Crippen molar-refractivity contribution in [1.29, 1.82) is 0 Å². The minimum absolute atomic E-state index is 0.138. The Morgan fingerprint density at radius 3 is 0.632 bits per heavy atom. The van der Waals surface area contributed by atoms with E-state index >= 15 is 0 Å². The number of ether oxygens (including phenoxy) is 11. The van der Waals surface area contributed by atoms with Crippen molar-refractivity contribution in [2.45, 2.75) is 142 Å². The second-order valence-corrected chi connectivity index (χ2v) is 14.1. The Balaban J connectivity index is 3.15. The van der Waals surface area contributed by atoms with Crippen LogP contribution in [0.25, 0.3) is 0 Å². The second-order valence-electron chi connectivity index (χ2n) is 14.1. The van der Waals surface area contributed by atoms with Crippen LogP contribution >= 0.6 is 0 Å². The van der Waals surface area contributed by atoms with Crippen molar-refractivity contribution in [3.8, 4) is 0 Å². The first-order chi connectivity index (χ1) is 28.2. The predicted molar refractivity (Wildman–Crippen MR) is 223 cm³/mol. The average molecular weight is 823 g/mol. The fraction of sp³-hybridized carbons (Fsp3) is 0.955. The predicted octanol–water partition coefficient (Wildman–Crippen LogP) is 8.06. The summed E-state index contributed by atoms with van der Waals surface area (Å²) in [5.41, 5.74) is 0. The Morgan fingerprint density at radius 2 is 0.421 bits per heavy atom. The molecule has 0 aromatic rings. The van der Waals surface area contributed by atoms with E-state index in [1.165, 1.54) is 89.9 Å². The zero-order chi connectivity index (χ0) is 41.2. The van der Waals surface area contributed by atoms with Crippen molar-refractivity contribution in [1.82, 2.24) is 0 Å². The molecule has 13 heteroatoms. The summed E-state index contributed by atoms with van der Waals surface area (Å²) in [5.74, 6) is -0.276. The van der Waals surface area contributed by atoms with E-state index in [0.29, 0.717) is 132 Å². The van der Waals surface area contributed by atoms with Crippen LogP contribution in [0.15, 0.2) is 0 Å². The molecule has 0 spiro atoms. The summed E-state index contributed by atoms with van der Waals surface area (Å²) >= 11 is 0. The van der Waals surface area contributed by atoms with Crippen molar-refractivity contribution in [3.63, 3.8) is 0 Å². The number of carbonyl (C=O) groups excluding carboxylic acids is 2. The molecule has 0 aliphatic heterocycles. The molecule has 0 rings (SSSR count). The van der Waals surface area contributed by atoms with Crippen molar-refractivity contribution < 1.29 is 61.7 Å². The van der Waals surface area contributed by atoms with Crippen LogP contribution < -0.4 is 0 Å². The largest absolute Gasteiger partial charge is 0.463 e. The highest BCUT2D eigenvalue weighted by Crippen LogP contribution is 2.12.